The van der Waals surface area contributed by atoms with Crippen LogP contribution in [0.2, 0.25) is 0 Å². The number of nitrogens with zero attached hydrogens (tertiary/aromatic N) is 1. The molecule has 0 aromatic carbocycles. The molecule has 0 unspecified atom stereocenters. The van der Waals surface area contributed by atoms with Crippen molar-refractivity contribution in [3.05, 3.63) is 29.1 Å². The fraction of sp³-hybridized carbons (Fsp3) is 0.688. The topological polar surface area (TPSA) is 90.7 Å². The second-order valence-corrected chi connectivity index (χ2v) is 8.33. The van der Waals surface area contributed by atoms with E-state index in [0.29, 0.717) is 13.1 Å². The van der Waals surface area contributed by atoms with E-state index in [-0.39, 0.29) is 6.07 Å². The maximum atomic E-state index is 13.9. The summed E-state index contributed by atoms with van der Waals surface area (Å²) in [5, 5.41) is 0. The van der Waals surface area contributed by atoms with Crippen LogP contribution in [0.3, 0.4) is 0 Å². The van der Waals surface area contributed by atoms with Crippen LogP contribution in [-0.2, 0) is 17.4 Å². The van der Waals surface area contributed by atoms with Crippen LogP contribution < -0.4 is 0 Å². The van der Waals surface area contributed by atoms with Gasteiger partial charge in [-0.15, -0.1) is 0 Å². The largest absolute Gasteiger partial charge is 0.466 e. The normalized spacial score (nSPS) is 14.6. The SMILES string of the molecule is Cc1nccc(CC(F)(F)C(F)(F)C(F)(F)C(F)F)c1CC(F)(F)C(F)(F)C(F)(F)C(F)F.O=P(O)(O)O. The van der Waals surface area contributed by atoms with Crippen LogP contribution in [-0.4, -0.2) is 68.1 Å². The summed E-state index contributed by atoms with van der Waals surface area (Å²) < 4.78 is 219. The number of aromatic nitrogens is 1. The van der Waals surface area contributed by atoms with Crippen molar-refractivity contribution in [1.29, 1.82) is 0 Å². The second kappa shape index (κ2) is 11.3. The van der Waals surface area contributed by atoms with E-state index in [9.17, 15) is 70.2 Å². The molecule has 22 heteroatoms. The first-order chi connectivity index (χ1) is 16.5. The lowest BCUT2D eigenvalue weighted by Gasteiger charge is -2.34. The Kier molecular flexibility index (Phi) is 10.8. The Bertz CT molecular complexity index is 989. The van der Waals surface area contributed by atoms with Crippen LogP contribution in [0.4, 0.5) is 70.2 Å². The summed E-state index contributed by atoms with van der Waals surface area (Å²) >= 11 is 0. The van der Waals surface area contributed by atoms with E-state index in [1.54, 1.807) is 0 Å². The second-order valence-electron chi connectivity index (χ2n) is 7.31. The van der Waals surface area contributed by atoms with Gasteiger partial charge < -0.3 is 14.7 Å². The predicted molar refractivity (Wildman–Crippen MR) is 92.3 cm³/mol. The number of rotatable bonds is 10. The Balaban J connectivity index is 0.00000249. The van der Waals surface area contributed by atoms with E-state index in [0.717, 1.165) is 0 Å². The highest BCUT2D eigenvalue weighted by atomic mass is 31.2. The molecule has 0 bridgehead atoms. The number of alkyl halides is 16. The summed E-state index contributed by atoms with van der Waals surface area (Å²) in [6, 6.07) is 0.145. The lowest BCUT2D eigenvalue weighted by Crippen LogP contribution is -2.59. The third-order valence-electron chi connectivity index (χ3n) is 4.48. The van der Waals surface area contributed by atoms with Gasteiger partial charge in [-0.3, -0.25) is 4.98 Å². The van der Waals surface area contributed by atoms with Crippen LogP contribution in [0.15, 0.2) is 12.3 Å². The van der Waals surface area contributed by atoms with E-state index in [1.165, 1.54) is 0 Å². The van der Waals surface area contributed by atoms with Gasteiger partial charge in [-0.25, -0.2) is 22.1 Å². The summed E-state index contributed by atoms with van der Waals surface area (Å²) in [6.07, 6.45) is -15.7. The van der Waals surface area contributed by atoms with E-state index in [4.69, 9.17) is 19.2 Å². The van der Waals surface area contributed by atoms with Crippen LogP contribution in [0.25, 0.3) is 0 Å². The van der Waals surface area contributed by atoms with Crippen molar-refractivity contribution in [1.82, 2.24) is 4.98 Å². The van der Waals surface area contributed by atoms with Crippen LogP contribution >= 0.6 is 7.82 Å². The molecule has 0 radical (unpaired) electrons. The minimum Gasteiger partial charge on any atom is -0.303 e. The lowest BCUT2D eigenvalue weighted by molar-refractivity contribution is -0.338. The Labute approximate surface area is 200 Å². The average molecular weight is 619 g/mol. The van der Waals surface area contributed by atoms with Gasteiger partial charge in [-0.05, 0) is 24.1 Å². The fourth-order valence-electron chi connectivity index (χ4n) is 2.50. The first-order valence-electron chi connectivity index (χ1n) is 9.02. The molecular formula is C16H14F16NO4P. The van der Waals surface area contributed by atoms with Gasteiger partial charge in [0.1, 0.15) is 0 Å². The molecule has 0 aliphatic carbocycles. The number of aryl methyl sites for hydroxylation is 1. The number of hydrogen-bond acceptors (Lipinski definition) is 2. The van der Waals surface area contributed by atoms with Crippen molar-refractivity contribution >= 4 is 7.82 Å². The Morgan fingerprint density at radius 3 is 1.37 bits per heavy atom. The first-order valence-corrected chi connectivity index (χ1v) is 10.6. The molecule has 0 atom stereocenters. The van der Waals surface area contributed by atoms with Crippen molar-refractivity contribution < 1.29 is 89.5 Å². The van der Waals surface area contributed by atoms with Crippen molar-refractivity contribution in [2.45, 2.75) is 68.2 Å². The van der Waals surface area contributed by atoms with Gasteiger partial charge in [0.2, 0.25) is 0 Å². The predicted octanol–water partition coefficient (Wildman–Crippen LogP) is 5.89. The molecule has 1 rings (SSSR count). The molecule has 1 heterocycles. The van der Waals surface area contributed by atoms with E-state index >= 15 is 0 Å². The Hall–Kier alpha value is -1.86. The Morgan fingerprint density at radius 1 is 0.737 bits per heavy atom. The summed E-state index contributed by atoms with van der Waals surface area (Å²) in [6.45, 7) is 0.600. The van der Waals surface area contributed by atoms with Crippen LogP contribution in [0.1, 0.15) is 16.8 Å². The van der Waals surface area contributed by atoms with E-state index in [2.05, 4.69) is 4.98 Å². The van der Waals surface area contributed by atoms with Gasteiger partial charge in [-0.1, -0.05) is 0 Å². The number of phosphoric acid groups is 1. The van der Waals surface area contributed by atoms with Crippen molar-refractivity contribution in [3.63, 3.8) is 0 Å². The maximum Gasteiger partial charge on any atom is 0.466 e. The van der Waals surface area contributed by atoms with Gasteiger partial charge in [-0.2, -0.15) is 52.7 Å². The zero-order chi connectivity index (χ0) is 30.9. The molecule has 3 N–H and O–H groups in total. The van der Waals surface area contributed by atoms with E-state index < -0.39 is 85.9 Å². The molecule has 0 spiro atoms. The molecule has 5 nitrogen and oxygen atoms in total. The van der Waals surface area contributed by atoms with Crippen LogP contribution in [0.5, 0.6) is 0 Å². The molecule has 0 saturated heterocycles. The van der Waals surface area contributed by atoms with Gasteiger partial charge in [0, 0.05) is 24.7 Å². The molecule has 0 aliphatic heterocycles. The molecular weight excluding hydrogens is 605 g/mol. The first kappa shape index (κ1) is 36.1. The van der Waals surface area contributed by atoms with Gasteiger partial charge in [0.25, 0.3) is 0 Å². The van der Waals surface area contributed by atoms with Crippen molar-refractivity contribution in [2.24, 2.45) is 0 Å². The lowest BCUT2D eigenvalue weighted by atomic mass is 9.90. The van der Waals surface area contributed by atoms with Crippen LogP contribution in [0, 0.1) is 6.92 Å². The fourth-order valence-corrected chi connectivity index (χ4v) is 2.50. The maximum absolute atomic E-state index is 13.9. The van der Waals surface area contributed by atoms with Gasteiger partial charge in [0.15, 0.2) is 0 Å². The van der Waals surface area contributed by atoms with Crippen molar-refractivity contribution in [2.75, 3.05) is 0 Å². The Morgan fingerprint density at radius 2 is 1.05 bits per heavy atom. The third-order valence-corrected chi connectivity index (χ3v) is 4.48. The summed E-state index contributed by atoms with van der Waals surface area (Å²) in [5.41, 5.74) is -4.10. The molecule has 1 aromatic rings. The number of hydrogen-bond donors (Lipinski definition) is 3. The molecule has 38 heavy (non-hydrogen) atoms. The molecule has 0 saturated carbocycles. The summed E-state index contributed by atoms with van der Waals surface area (Å²) in [7, 11) is -4.64. The zero-order valence-electron chi connectivity index (χ0n) is 17.9. The third kappa shape index (κ3) is 7.62. The number of halogens is 16. The zero-order valence-corrected chi connectivity index (χ0v) is 18.8. The molecule has 0 amide bonds. The van der Waals surface area contributed by atoms with Gasteiger partial charge >= 0.3 is 56.2 Å². The molecule has 0 fully saturated rings. The highest BCUT2D eigenvalue weighted by Crippen LogP contribution is 2.52. The monoisotopic (exact) mass is 619 g/mol. The number of pyridine rings is 1. The minimum atomic E-state index is -6.80. The molecule has 224 valence electrons. The standard InChI is InChI=1S/C16H11F16N.H3O4P/c1-6-8(5-12(23,24)16(31,32)14(27,28)10(19)20)7(2-3-33-6)4-11(21,22)15(29,30)13(25,26)9(17)18;1-5(2,3)4/h2-3,9-10H,4-5H2,1H3;(H3,1,2,3,4). The van der Waals surface area contributed by atoms with Crippen molar-refractivity contribution in [3.8, 4) is 0 Å². The van der Waals surface area contributed by atoms with E-state index in [1.807, 2.05) is 0 Å². The smallest absolute Gasteiger partial charge is 0.303 e. The molecule has 0 aliphatic rings. The summed E-state index contributed by atoms with van der Waals surface area (Å²) in [4.78, 5) is 24.7. The summed E-state index contributed by atoms with van der Waals surface area (Å²) in [5.74, 6) is -39.1. The van der Waals surface area contributed by atoms with Gasteiger partial charge in [0.05, 0.1) is 0 Å². The minimum absolute atomic E-state index is 0.145. The quantitative estimate of drug-likeness (QED) is 0.225. The highest BCUT2D eigenvalue weighted by Gasteiger charge is 2.76. The average Bonchev–Trinajstić information content (AvgIpc) is 2.68. The molecule has 1 aromatic heterocycles. The highest BCUT2D eigenvalue weighted by molar-refractivity contribution is 7.45.